The Hall–Kier alpha value is -1.76. The summed E-state index contributed by atoms with van der Waals surface area (Å²) < 4.78 is 13.1. The Morgan fingerprint density at radius 3 is 2.65 bits per heavy atom. The van der Waals surface area contributed by atoms with Crippen molar-refractivity contribution in [3.8, 4) is 0 Å². The van der Waals surface area contributed by atoms with E-state index in [1.165, 1.54) is 12.1 Å². The molecule has 2 aromatic rings. The average Bonchev–Trinajstić information content (AvgIpc) is 2.99. The van der Waals surface area contributed by atoms with E-state index in [1.807, 2.05) is 12.1 Å². The molecule has 1 atom stereocenters. The van der Waals surface area contributed by atoms with E-state index in [0.717, 1.165) is 68.3 Å². The van der Waals surface area contributed by atoms with Crippen molar-refractivity contribution < 1.29 is 9.50 Å². The van der Waals surface area contributed by atoms with Gasteiger partial charge in [-0.25, -0.2) is 9.37 Å². The highest BCUT2D eigenvalue weighted by molar-refractivity contribution is 5.16. The smallest absolute Gasteiger partial charge is 0.123 e. The monoisotopic (exact) mass is 360 g/mol. The topological polar surface area (TPSA) is 55.4 Å². The first-order valence-electron chi connectivity index (χ1n) is 9.45. The summed E-state index contributed by atoms with van der Waals surface area (Å²) in [6.45, 7) is 8.82. The Balaban J connectivity index is 1.63. The van der Waals surface area contributed by atoms with Crippen LogP contribution in [-0.4, -0.2) is 57.2 Å². The fourth-order valence-corrected chi connectivity index (χ4v) is 3.65. The summed E-state index contributed by atoms with van der Waals surface area (Å²) in [5, 5.41) is 9.48. The lowest BCUT2D eigenvalue weighted by atomic mass is 10.1. The van der Waals surface area contributed by atoms with Crippen LogP contribution < -0.4 is 0 Å². The first-order valence-corrected chi connectivity index (χ1v) is 9.45. The Morgan fingerprint density at radius 2 is 2.00 bits per heavy atom. The molecule has 3 rings (SSSR count). The van der Waals surface area contributed by atoms with Gasteiger partial charge in [-0.1, -0.05) is 19.1 Å². The van der Waals surface area contributed by atoms with Gasteiger partial charge in [0, 0.05) is 57.5 Å². The van der Waals surface area contributed by atoms with Gasteiger partial charge in [0.15, 0.2) is 0 Å². The van der Waals surface area contributed by atoms with Crippen LogP contribution in [-0.2, 0) is 19.5 Å². The summed E-state index contributed by atoms with van der Waals surface area (Å²) in [4.78, 5) is 12.9. The van der Waals surface area contributed by atoms with Gasteiger partial charge in [-0.15, -0.1) is 0 Å². The number of halogens is 1. The molecule has 142 valence electrons. The number of aliphatic hydroxyl groups is 1. The summed E-state index contributed by atoms with van der Waals surface area (Å²) in [6.07, 6.45) is 1.66. The first-order chi connectivity index (χ1) is 12.6. The number of rotatable bonds is 7. The van der Waals surface area contributed by atoms with Crippen molar-refractivity contribution in [2.24, 2.45) is 0 Å². The van der Waals surface area contributed by atoms with Crippen LogP contribution in [0, 0.1) is 12.7 Å². The van der Waals surface area contributed by atoms with Crippen LogP contribution in [0.3, 0.4) is 0 Å². The van der Waals surface area contributed by atoms with Crippen LogP contribution in [0.1, 0.15) is 36.1 Å². The third kappa shape index (κ3) is 4.69. The van der Waals surface area contributed by atoms with E-state index in [9.17, 15) is 9.50 Å². The molecule has 5 nitrogen and oxygen atoms in total. The number of piperazine rings is 1. The fourth-order valence-electron chi connectivity index (χ4n) is 3.65. The predicted molar refractivity (Wildman–Crippen MR) is 100 cm³/mol. The molecule has 1 aromatic heterocycles. The maximum absolute atomic E-state index is 13.1. The summed E-state index contributed by atoms with van der Waals surface area (Å²) in [5.41, 5.74) is 3.38. The molecule has 26 heavy (non-hydrogen) atoms. The number of nitrogens with zero attached hydrogens (tertiary/aromatic N) is 3. The third-order valence-electron chi connectivity index (χ3n) is 5.19. The summed E-state index contributed by atoms with van der Waals surface area (Å²) in [5.74, 6) is 0.839. The Labute approximate surface area is 154 Å². The molecule has 0 radical (unpaired) electrons. The minimum absolute atomic E-state index is 0.180. The highest BCUT2D eigenvalue weighted by Gasteiger charge is 2.27. The first kappa shape index (κ1) is 19.0. The minimum atomic E-state index is -0.203. The molecule has 0 bridgehead atoms. The highest BCUT2D eigenvalue weighted by Crippen LogP contribution is 2.19. The van der Waals surface area contributed by atoms with E-state index < -0.39 is 0 Å². The summed E-state index contributed by atoms with van der Waals surface area (Å²) in [6, 6.07) is 7.01. The molecule has 1 aliphatic rings. The second kappa shape index (κ2) is 8.75. The molecule has 1 saturated heterocycles. The lowest BCUT2D eigenvalue weighted by Gasteiger charge is -2.41. The van der Waals surface area contributed by atoms with Crippen LogP contribution in [0.2, 0.25) is 0 Å². The zero-order valence-corrected chi connectivity index (χ0v) is 15.7. The van der Waals surface area contributed by atoms with Crippen molar-refractivity contribution in [3.05, 3.63) is 52.9 Å². The lowest BCUT2D eigenvalue weighted by Crippen LogP contribution is -2.52. The van der Waals surface area contributed by atoms with Crippen LogP contribution in [0.25, 0.3) is 0 Å². The standard InChI is InChI=1S/C20H29FN4O/c1-3-20-22-15(2)19(23-20)14-24-9-10-25(18(13-24)8-11-26)12-16-4-6-17(21)7-5-16/h4-7,18,26H,3,8-14H2,1-2H3,(H,22,23). The molecular formula is C20H29FN4O. The average molecular weight is 360 g/mol. The Morgan fingerprint density at radius 1 is 1.23 bits per heavy atom. The van der Waals surface area contributed by atoms with Gasteiger partial charge in [-0.3, -0.25) is 9.80 Å². The van der Waals surface area contributed by atoms with E-state index in [-0.39, 0.29) is 12.4 Å². The minimum Gasteiger partial charge on any atom is -0.396 e. The Bertz CT molecular complexity index is 700. The van der Waals surface area contributed by atoms with E-state index in [4.69, 9.17) is 4.98 Å². The van der Waals surface area contributed by atoms with Gasteiger partial charge in [0.1, 0.15) is 11.6 Å². The van der Waals surface area contributed by atoms with Crippen molar-refractivity contribution in [2.45, 2.75) is 45.8 Å². The largest absolute Gasteiger partial charge is 0.396 e. The van der Waals surface area contributed by atoms with Crippen LogP contribution in [0.4, 0.5) is 4.39 Å². The molecule has 1 fully saturated rings. The van der Waals surface area contributed by atoms with Crippen molar-refractivity contribution in [3.63, 3.8) is 0 Å². The van der Waals surface area contributed by atoms with Gasteiger partial charge in [-0.2, -0.15) is 0 Å². The molecule has 1 unspecified atom stereocenters. The van der Waals surface area contributed by atoms with E-state index in [1.54, 1.807) is 0 Å². The summed E-state index contributed by atoms with van der Waals surface area (Å²) in [7, 11) is 0. The number of aliphatic hydroxyl groups excluding tert-OH is 1. The number of nitrogens with one attached hydrogen (secondary N) is 1. The zero-order valence-electron chi connectivity index (χ0n) is 15.7. The summed E-state index contributed by atoms with van der Waals surface area (Å²) >= 11 is 0. The van der Waals surface area contributed by atoms with E-state index in [0.29, 0.717) is 6.04 Å². The lowest BCUT2D eigenvalue weighted by molar-refractivity contribution is 0.0493. The van der Waals surface area contributed by atoms with Gasteiger partial charge in [0.05, 0.1) is 5.69 Å². The maximum Gasteiger partial charge on any atom is 0.123 e. The number of imidazole rings is 1. The van der Waals surface area contributed by atoms with Crippen molar-refractivity contribution in [2.75, 3.05) is 26.2 Å². The van der Waals surface area contributed by atoms with E-state index >= 15 is 0 Å². The number of hydrogen-bond donors (Lipinski definition) is 2. The molecule has 0 aliphatic carbocycles. The molecule has 1 aromatic carbocycles. The second-order valence-electron chi connectivity index (χ2n) is 7.11. The van der Waals surface area contributed by atoms with E-state index in [2.05, 4.69) is 28.6 Å². The second-order valence-corrected chi connectivity index (χ2v) is 7.11. The van der Waals surface area contributed by atoms with Crippen LogP contribution in [0.5, 0.6) is 0 Å². The molecular weight excluding hydrogens is 331 g/mol. The number of benzene rings is 1. The normalized spacial score (nSPS) is 19.2. The fraction of sp³-hybridized carbons (Fsp3) is 0.550. The predicted octanol–water partition coefficient (Wildman–Crippen LogP) is 2.49. The number of hydrogen-bond acceptors (Lipinski definition) is 4. The molecule has 0 saturated carbocycles. The van der Waals surface area contributed by atoms with Crippen molar-refractivity contribution in [1.29, 1.82) is 0 Å². The number of aromatic amines is 1. The highest BCUT2D eigenvalue weighted by atomic mass is 19.1. The molecule has 2 N–H and O–H groups in total. The molecule has 6 heteroatoms. The SMILES string of the molecule is CCc1nc(CN2CCN(Cc3ccc(F)cc3)C(CCO)C2)c(C)[nH]1. The van der Waals surface area contributed by atoms with Crippen molar-refractivity contribution >= 4 is 0 Å². The zero-order chi connectivity index (χ0) is 18.5. The number of H-pyrrole nitrogens is 1. The number of aryl methyl sites for hydroxylation is 2. The van der Waals surface area contributed by atoms with Gasteiger partial charge >= 0.3 is 0 Å². The quantitative estimate of drug-likeness (QED) is 0.797. The molecule has 2 heterocycles. The molecule has 1 aliphatic heterocycles. The van der Waals surface area contributed by atoms with Gasteiger partial charge < -0.3 is 10.1 Å². The Kier molecular flexibility index (Phi) is 6.40. The van der Waals surface area contributed by atoms with Gasteiger partial charge in [0.25, 0.3) is 0 Å². The maximum atomic E-state index is 13.1. The molecule has 0 amide bonds. The van der Waals surface area contributed by atoms with Gasteiger partial charge in [0.2, 0.25) is 0 Å². The third-order valence-corrected chi connectivity index (χ3v) is 5.19. The van der Waals surface area contributed by atoms with Gasteiger partial charge in [-0.05, 0) is 31.0 Å². The molecule has 0 spiro atoms. The van der Waals surface area contributed by atoms with Crippen molar-refractivity contribution in [1.82, 2.24) is 19.8 Å². The van der Waals surface area contributed by atoms with Crippen LogP contribution >= 0.6 is 0 Å². The number of aromatic nitrogens is 2. The van der Waals surface area contributed by atoms with Crippen LogP contribution in [0.15, 0.2) is 24.3 Å².